The van der Waals surface area contributed by atoms with Crippen molar-refractivity contribution in [2.45, 2.75) is 13.0 Å². The number of hydrogen-bond acceptors (Lipinski definition) is 4. The number of esters is 1. The van der Waals surface area contributed by atoms with Gasteiger partial charge in [-0.2, -0.15) is 0 Å². The zero-order chi connectivity index (χ0) is 18.4. The highest BCUT2D eigenvalue weighted by Gasteiger charge is 2.19. The molecule has 0 bridgehead atoms. The van der Waals surface area contributed by atoms with Crippen molar-refractivity contribution in [1.29, 1.82) is 0 Å². The highest BCUT2D eigenvalue weighted by molar-refractivity contribution is 6.35. The maximum Gasteiger partial charge on any atom is 0.344 e. The number of halogens is 3. The smallest absolute Gasteiger partial charge is 0.344 e. The predicted octanol–water partition coefficient (Wildman–Crippen LogP) is 4.60. The standard InChI is InChI=1S/C17H14Cl3NO4/c1-10(17(23)21-15-8-12(19)5-6-14(15)20)25-16(22)9-24-13-4-2-3-11(18)7-13/h2-8,10H,9H2,1H3,(H,21,23)/t10-/m0/s1. The van der Waals surface area contributed by atoms with Crippen molar-refractivity contribution in [3.63, 3.8) is 0 Å². The Morgan fingerprint density at radius 2 is 1.80 bits per heavy atom. The van der Waals surface area contributed by atoms with Crippen molar-refractivity contribution in [2.24, 2.45) is 0 Å². The number of hydrogen-bond donors (Lipinski definition) is 1. The number of nitrogens with one attached hydrogen (secondary N) is 1. The fourth-order valence-corrected chi connectivity index (χ4v) is 2.33. The molecule has 0 fully saturated rings. The summed E-state index contributed by atoms with van der Waals surface area (Å²) in [6.07, 6.45) is -1.04. The molecule has 5 nitrogen and oxygen atoms in total. The molecule has 0 heterocycles. The maximum absolute atomic E-state index is 12.1. The van der Waals surface area contributed by atoms with Crippen LogP contribution in [-0.4, -0.2) is 24.6 Å². The van der Waals surface area contributed by atoms with Gasteiger partial charge in [0.2, 0.25) is 0 Å². The molecule has 1 atom stereocenters. The zero-order valence-corrected chi connectivity index (χ0v) is 15.4. The molecule has 0 spiro atoms. The minimum Gasteiger partial charge on any atom is -0.482 e. The number of benzene rings is 2. The largest absolute Gasteiger partial charge is 0.482 e. The van der Waals surface area contributed by atoms with Gasteiger partial charge in [0, 0.05) is 10.0 Å². The molecule has 0 unspecified atom stereocenters. The van der Waals surface area contributed by atoms with Crippen LogP contribution in [0.1, 0.15) is 6.92 Å². The van der Waals surface area contributed by atoms with E-state index in [0.29, 0.717) is 26.5 Å². The first-order valence-corrected chi connectivity index (χ1v) is 8.32. The Labute approximate surface area is 159 Å². The minimum absolute atomic E-state index is 0.320. The van der Waals surface area contributed by atoms with Crippen LogP contribution in [0.5, 0.6) is 5.75 Å². The van der Waals surface area contributed by atoms with E-state index in [1.165, 1.54) is 13.0 Å². The van der Waals surface area contributed by atoms with Crippen LogP contribution in [-0.2, 0) is 14.3 Å². The van der Waals surface area contributed by atoms with Gasteiger partial charge in [0.1, 0.15) is 5.75 Å². The molecule has 0 saturated heterocycles. The molecule has 1 N–H and O–H groups in total. The minimum atomic E-state index is -1.04. The lowest BCUT2D eigenvalue weighted by molar-refractivity contribution is -0.155. The fraction of sp³-hybridized carbons (Fsp3) is 0.176. The van der Waals surface area contributed by atoms with Crippen LogP contribution in [0.4, 0.5) is 5.69 Å². The summed E-state index contributed by atoms with van der Waals surface area (Å²) in [5.74, 6) is -0.813. The van der Waals surface area contributed by atoms with Crippen molar-refractivity contribution in [2.75, 3.05) is 11.9 Å². The van der Waals surface area contributed by atoms with Crippen molar-refractivity contribution in [1.82, 2.24) is 0 Å². The van der Waals surface area contributed by atoms with Crippen molar-refractivity contribution in [3.8, 4) is 5.75 Å². The highest BCUT2D eigenvalue weighted by atomic mass is 35.5. The monoisotopic (exact) mass is 401 g/mol. The topological polar surface area (TPSA) is 64.6 Å². The van der Waals surface area contributed by atoms with Gasteiger partial charge in [-0.3, -0.25) is 4.79 Å². The number of carbonyl (C=O) groups excluding carboxylic acids is 2. The van der Waals surface area contributed by atoms with Crippen LogP contribution < -0.4 is 10.1 Å². The maximum atomic E-state index is 12.1. The van der Waals surface area contributed by atoms with E-state index in [1.807, 2.05) is 0 Å². The van der Waals surface area contributed by atoms with Gasteiger partial charge in [0.25, 0.3) is 5.91 Å². The Bertz CT molecular complexity index is 782. The third-order valence-corrected chi connectivity index (χ3v) is 3.82. The van der Waals surface area contributed by atoms with Gasteiger partial charge in [0.15, 0.2) is 12.7 Å². The van der Waals surface area contributed by atoms with Gasteiger partial charge in [-0.25, -0.2) is 4.79 Å². The third kappa shape index (κ3) is 6.12. The second-order valence-electron chi connectivity index (χ2n) is 4.99. The summed E-state index contributed by atoms with van der Waals surface area (Å²) in [6.45, 7) is 1.08. The van der Waals surface area contributed by atoms with E-state index >= 15 is 0 Å². The molecule has 8 heteroatoms. The van der Waals surface area contributed by atoms with Crippen LogP contribution in [0, 0.1) is 0 Å². The Morgan fingerprint density at radius 3 is 2.52 bits per heavy atom. The van der Waals surface area contributed by atoms with Gasteiger partial charge in [-0.15, -0.1) is 0 Å². The molecule has 132 valence electrons. The molecule has 0 aliphatic rings. The molecule has 0 saturated carbocycles. The number of rotatable bonds is 6. The van der Waals surface area contributed by atoms with E-state index in [2.05, 4.69) is 5.32 Å². The average Bonchev–Trinajstić information content (AvgIpc) is 2.56. The fourth-order valence-electron chi connectivity index (χ4n) is 1.81. The average molecular weight is 403 g/mol. The van der Waals surface area contributed by atoms with E-state index in [-0.39, 0.29) is 6.61 Å². The van der Waals surface area contributed by atoms with Crippen molar-refractivity contribution in [3.05, 3.63) is 57.5 Å². The number of ether oxygens (including phenoxy) is 2. The molecule has 0 aliphatic carbocycles. The van der Waals surface area contributed by atoms with E-state index in [1.54, 1.807) is 36.4 Å². The second-order valence-corrected chi connectivity index (χ2v) is 6.27. The van der Waals surface area contributed by atoms with Crippen molar-refractivity contribution < 1.29 is 19.1 Å². The third-order valence-electron chi connectivity index (χ3n) is 3.02. The molecule has 2 rings (SSSR count). The molecule has 25 heavy (non-hydrogen) atoms. The summed E-state index contributed by atoms with van der Waals surface area (Å²) in [6, 6.07) is 11.2. The Balaban J connectivity index is 1.85. The van der Waals surface area contributed by atoms with Crippen LogP contribution in [0.25, 0.3) is 0 Å². The van der Waals surface area contributed by atoms with Gasteiger partial charge in [-0.05, 0) is 43.3 Å². The molecule has 0 aromatic heterocycles. The van der Waals surface area contributed by atoms with Crippen LogP contribution in [0.15, 0.2) is 42.5 Å². The molecular weight excluding hydrogens is 389 g/mol. The first-order valence-electron chi connectivity index (χ1n) is 7.19. The van der Waals surface area contributed by atoms with Crippen LogP contribution in [0.3, 0.4) is 0 Å². The Hall–Kier alpha value is -1.95. The molecule has 0 radical (unpaired) electrons. The molecular formula is C17H14Cl3NO4. The Morgan fingerprint density at radius 1 is 1.08 bits per heavy atom. The van der Waals surface area contributed by atoms with Crippen LogP contribution >= 0.6 is 34.8 Å². The lowest BCUT2D eigenvalue weighted by Gasteiger charge is -2.14. The summed E-state index contributed by atoms with van der Waals surface area (Å²) < 4.78 is 10.3. The summed E-state index contributed by atoms with van der Waals surface area (Å²) in [5.41, 5.74) is 0.331. The van der Waals surface area contributed by atoms with Gasteiger partial charge >= 0.3 is 5.97 Å². The Kier molecular flexibility index (Phi) is 6.93. The first-order chi connectivity index (χ1) is 11.8. The summed E-state index contributed by atoms with van der Waals surface area (Å²) >= 11 is 17.6. The zero-order valence-electron chi connectivity index (χ0n) is 13.1. The van der Waals surface area contributed by atoms with Gasteiger partial charge in [0.05, 0.1) is 10.7 Å². The molecule has 2 aromatic carbocycles. The molecule has 2 aromatic rings. The first kappa shape index (κ1) is 19.4. The quantitative estimate of drug-likeness (QED) is 0.717. The normalized spacial score (nSPS) is 11.5. The van der Waals surface area contributed by atoms with Gasteiger partial charge in [-0.1, -0.05) is 40.9 Å². The van der Waals surface area contributed by atoms with Crippen LogP contribution in [0.2, 0.25) is 15.1 Å². The summed E-state index contributed by atoms with van der Waals surface area (Å²) in [4.78, 5) is 23.9. The van der Waals surface area contributed by atoms with E-state index in [0.717, 1.165) is 0 Å². The SMILES string of the molecule is C[C@H](OC(=O)COc1cccc(Cl)c1)C(=O)Nc1cc(Cl)ccc1Cl. The number of carbonyl (C=O) groups is 2. The molecule has 1 amide bonds. The lowest BCUT2D eigenvalue weighted by Crippen LogP contribution is -2.31. The van der Waals surface area contributed by atoms with E-state index < -0.39 is 18.0 Å². The summed E-state index contributed by atoms with van der Waals surface area (Å²) in [7, 11) is 0. The van der Waals surface area contributed by atoms with Crippen molar-refractivity contribution >= 4 is 52.4 Å². The molecule has 0 aliphatic heterocycles. The highest BCUT2D eigenvalue weighted by Crippen LogP contribution is 2.25. The van der Waals surface area contributed by atoms with E-state index in [4.69, 9.17) is 44.3 Å². The second kappa shape index (κ2) is 8.94. The number of anilines is 1. The summed E-state index contributed by atoms with van der Waals surface area (Å²) in [5, 5.41) is 3.77. The van der Waals surface area contributed by atoms with Gasteiger partial charge < -0.3 is 14.8 Å². The lowest BCUT2D eigenvalue weighted by atomic mass is 10.3. The van der Waals surface area contributed by atoms with E-state index in [9.17, 15) is 9.59 Å². The number of amides is 1. The predicted molar refractivity (Wildman–Crippen MR) is 97.6 cm³/mol.